The average Bonchev–Trinajstić information content (AvgIpc) is 3.16. The van der Waals surface area contributed by atoms with Gasteiger partial charge in [-0.1, -0.05) is 18.2 Å². The van der Waals surface area contributed by atoms with Crippen molar-refractivity contribution in [2.24, 2.45) is 23.2 Å². The summed E-state index contributed by atoms with van der Waals surface area (Å²) < 4.78 is 5.48. The molecule has 164 valence electrons. The molecule has 4 aliphatic carbocycles. The minimum absolute atomic E-state index is 0.0204. The van der Waals surface area contributed by atoms with E-state index in [1.54, 1.807) is 6.92 Å². The predicted molar refractivity (Wildman–Crippen MR) is 114 cm³/mol. The second kappa shape index (κ2) is 7.77. The molecule has 4 bridgehead atoms. The van der Waals surface area contributed by atoms with Gasteiger partial charge in [-0.15, -0.1) is 0 Å². The molecule has 7 heteroatoms. The van der Waals surface area contributed by atoms with Crippen molar-refractivity contribution in [3.8, 4) is 0 Å². The SMILES string of the molecule is CC(OC(=O)CCNC(=O)c1n[nH]c2ccccc12)C(=O)C12CC3CC(CC(C3)C1)C2. The molecule has 1 aromatic heterocycles. The van der Waals surface area contributed by atoms with Crippen molar-refractivity contribution in [2.45, 2.75) is 58.0 Å². The number of ether oxygens (including phenoxy) is 1. The lowest BCUT2D eigenvalue weighted by molar-refractivity contribution is -0.164. The van der Waals surface area contributed by atoms with Gasteiger partial charge in [-0.05, 0) is 69.3 Å². The summed E-state index contributed by atoms with van der Waals surface area (Å²) in [5.74, 6) is 1.32. The van der Waals surface area contributed by atoms with Gasteiger partial charge in [-0.2, -0.15) is 5.10 Å². The highest BCUT2D eigenvalue weighted by Crippen LogP contribution is 2.60. The van der Waals surface area contributed by atoms with Crippen LogP contribution in [0.15, 0.2) is 24.3 Å². The lowest BCUT2D eigenvalue weighted by Gasteiger charge is -2.56. The Morgan fingerprint density at radius 1 is 1.13 bits per heavy atom. The maximum Gasteiger partial charge on any atom is 0.308 e. The maximum absolute atomic E-state index is 13.2. The molecule has 2 aromatic rings. The van der Waals surface area contributed by atoms with E-state index in [2.05, 4.69) is 15.5 Å². The second-order valence-electron chi connectivity index (χ2n) is 9.82. The first-order valence-electron chi connectivity index (χ1n) is 11.4. The van der Waals surface area contributed by atoms with Crippen molar-refractivity contribution in [2.75, 3.05) is 6.54 Å². The van der Waals surface area contributed by atoms with Crippen molar-refractivity contribution >= 4 is 28.6 Å². The topological polar surface area (TPSA) is 101 Å². The third-order valence-electron chi connectivity index (χ3n) is 7.54. The van der Waals surface area contributed by atoms with Gasteiger partial charge in [0.05, 0.1) is 11.9 Å². The number of Topliss-reactive ketones (excluding diaryl/α,β-unsaturated/α-hetero) is 1. The van der Waals surface area contributed by atoms with Crippen LogP contribution in [0.4, 0.5) is 0 Å². The Morgan fingerprint density at radius 3 is 2.45 bits per heavy atom. The number of hydrogen-bond donors (Lipinski definition) is 2. The minimum Gasteiger partial charge on any atom is -0.455 e. The highest BCUT2D eigenvalue weighted by atomic mass is 16.5. The number of benzene rings is 1. The molecule has 1 aromatic carbocycles. The standard InChI is InChI=1S/C24H29N3O4/c1-14(22(29)24-11-15-8-16(12-24)10-17(9-15)13-24)31-20(28)6-7-25-23(30)21-18-4-2-3-5-19(18)26-27-21/h2-5,14-17H,6-13H2,1H3,(H,25,30)(H,26,27). The van der Waals surface area contributed by atoms with Crippen LogP contribution in [0.25, 0.3) is 10.9 Å². The van der Waals surface area contributed by atoms with Crippen LogP contribution in [-0.2, 0) is 14.3 Å². The van der Waals surface area contributed by atoms with Crippen molar-refractivity contribution in [3.05, 3.63) is 30.0 Å². The Bertz CT molecular complexity index is 991. The van der Waals surface area contributed by atoms with Crippen molar-refractivity contribution < 1.29 is 19.1 Å². The summed E-state index contributed by atoms with van der Waals surface area (Å²) in [4.78, 5) is 37.9. The average molecular weight is 424 g/mol. The fourth-order valence-corrected chi connectivity index (χ4v) is 6.65. The zero-order valence-electron chi connectivity index (χ0n) is 17.9. The largest absolute Gasteiger partial charge is 0.455 e. The number of aromatic nitrogens is 2. The third kappa shape index (κ3) is 3.75. The molecule has 0 saturated heterocycles. The number of ketones is 1. The summed E-state index contributed by atoms with van der Waals surface area (Å²) in [6, 6.07) is 7.37. The Balaban J connectivity index is 1.12. The quantitative estimate of drug-likeness (QED) is 0.665. The van der Waals surface area contributed by atoms with Crippen molar-refractivity contribution in [3.63, 3.8) is 0 Å². The number of carbonyl (C=O) groups is 3. The van der Waals surface area contributed by atoms with E-state index in [0.717, 1.165) is 30.2 Å². The number of rotatable bonds is 7. The van der Waals surface area contributed by atoms with Crippen LogP contribution in [0, 0.1) is 23.2 Å². The lowest BCUT2D eigenvalue weighted by atomic mass is 9.48. The zero-order valence-corrected chi connectivity index (χ0v) is 17.9. The van der Waals surface area contributed by atoms with E-state index in [9.17, 15) is 14.4 Å². The normalized spacial score (nSPS) is 29.6. The van der Waals surface area contributed by atoms with Gasteiger partial charge < -0.3 is 10.1 Å². The molecule has 0 aliphatic heterocycles. The molecule has 1 heterocycles. The van der Waals surface area contributed by atoms with E-state index in [1.165, 1.54) is 19.3 Å². The zero-order chi connectivity index (χ0) is 21.6. The summed E-state index contributed by atoms with van der Waals surface area (Å²) in [6.07, 6.45) is 6.00. The molecule has 1 amide bonds. The van der Waals surface area contributed by atoms with Crippen LogP contribution in [0.2, 0.25) is 0 Å². The van der Waals surface area contributed by atoms with Crippen LogP contribution < -0.4 is 5.32 Å². The summed E-state index contributed by atoms with van der Waals surface area (Å²) in [5.41, 5.74) is 0.808. The Hall–Kier alpha value is -2.70. The summed E-state index contributed by atoms with van der Waals surface area (Å²) in [5, 5.41) is 10.3. The lowest BCUT2D eigenvalue weighted by Crippen LogP contribution is -2.52. The van der Waals surface area contributed by atoms with Gasteiger partial charge in [0.25, 0.3) is 5.91 Å². The van der Waals surface area contributed by atoms with Crippen molar-refractivity contribution in [1.29, 1.82) is 0 Å². The second-order valence-corrected chi connectivity index (χ2v) is 9.82. The number of carbonyl (C=O) groups excluding carboxylic acids is 3. The number of H-pyrrole nitrogens is 1. The van der Waals surface area contributed by atoms with E-state index >= 15 is 0 Å². The molecule has 0 radical (unpaired) electrons. The highest BCUT2D eigenvalue weighted by molar-refractivity contribution is 6.04. The molecule has 2 N–H and O–H groups in total. The van der Waals surface area contributed by atoms with Gasteiger partial charge in [0.2, 0.25) is 0 Å². The maximum atomic E-state index is 13.2. The molecule has 1 atom stereocenters. The number of para-hydroxylation sites is 1. The number of nitrogens with zero attached hydrogens (tertiary/aromatic N) is 1. The Labute approximate surface area is 181 Å². The Morgan fingerprint density at radius 2 is 1.77 bits per heavy atom. The molecule has 6 rings (SSSR count). The first-order chi connectivity index (χ1) is 14.9. The summed E-state index contributed by atoms with van der Waals surface area (Å²) in [7, 11) is 0. The third-order valence-corrected chi connectivity index (χ3v) is 7.54. The van der Waals surface area contributed by atoms with Gasteiger partial charge >= 0.3 is 5.97 Å². The van der Waals surface area contributed by atoms with Crippen LogP contribution >= 0.6 is 0 Å². The van der Waals surface area contributed by atoms with Gasteiger partial charge in [0, 0.05) is 17.3 Å². The first kappa shape index (κ1) is 20.2. The minimum atomic E-state index is -0.727. The number of nitrogens with one attached hydrogen (secondary N) is 2. The van der Waals surface area contributed by atoms with Gasteiger partial charge in [-0.25, -0.2) is 0 Å². The van der Waals surface area contributed by atoms with Crippen LogP contribution in [0.3, 0.4) is 0 Å². The molecular formula is C24H29N3O4. The van der Waals surface area contributed by atoms with E-state index in [4.69, 9.17) is 4.74 Å². The first-order valence-corrected chi connectivity index (χ1v) is 11.4. The number of amides is 1. The number of fused-ring (bicyclic) bond motifs is 1. The molecule has 4 saturated carbocycles. The fraction of sp³-hybridized carbons (Fsp3) is 0.583. The van der Waals surface area contributed by atoms with E-state index in [-0.39, 0.29) is 30.1 Å². The molecule has 7 nitrogen and oxygen atoms in total. The monoisotopic (exact) mass is 423 g/mol. The van der Waals surface area contributed by atoms with Gasteiger partial charge in [-0.3, -0.25) is 19.5 Å². The summed E-state index contributed by atoms with van der Waals surface area (Å²) in [6.45, 7) is 1.84. The smallest absolute Gasteiger partial charge is 0.308 e. The molecule has 1 unspecified atom stereocenters. The number of esters is 1. The van der Waals surface area contributed by atoms with Gasteiger partial charge in [0.15, 0.2) is 17.6 Å². The fourth-order valence-electron chi connectivity index (χ4n) is 6.65. The highest BCUT2D eigenvalue weighted by Gasteiger charge is 2.55. The molecule has 4 fully saturated rings. The predicted octanol–water partition coefficient (Wildman–Crippen LogP) is 3.40. The molecule has 31 heavy (non-hydrogen) atoms. The number of aromatic amines is 1. The molecule has 0 spiro atoms. The molecule has 4 aliphatic rings. The Kier molecular flexibility index (Phi) is 5.07. The van der Waals surface area contributed by atoms with Crippen molar-refractivity contribution in [1.82, 2.24) is 15.5 Å². The van der Waals surface area contributed by atoms with Crippen LogP contribution in [0.5, 0.6) is 0 Å². The van der Waals surface area contributed by atoms with Crippen LogP contribution in [0.1, 0.15) is 62.4 Å². The van der Waals surface area contributed by atoms with Gasteiger partial charge in [0.1, 0.15) is 0 Å². The summed E-state index contributed by atoms with van der Waals surface area (Å²) >= 11 is 0. The van der Waals surface area contributed by atoms with E-state index < -0.39 is 12.1 Å². The van der Waals surface area contributed by atoms with E-state index in [1.807, 2.05) is 24.3 Å². The molecular weight excluding hydrogens is 394 g/mol. The van der Waals surface area contributed by atoms with E-state index in [0.29, 0.717) is 23.4 Å². The van der Waals surface area contributed by atoms with Crippen LogP contribution in [-0.4, -0.2) is 40.5 Å². The number of hydrogen-bond acceptors (Lipinski definition) is 5.